The summed E-state index contributed by atoms with van der Waals surface area (Å²) in [4.78, 5) is 11.4. The first-order valence-corrected chi connectivity index (χ1v) is 8.35. The number of carbonyl (C=O) groups is 1. The van der Waals surface area contributed by atoms with Gasteiger partial charge in [0.1, 0.15) is 10.9 Å². The molecular formula is C13H19N5O4S. The van der Waals surface area contributed by atoms with Crippen LogP contribution in [0.1, 0.15) is 17.1 Å². The zero-order valence-electron chi connectivity index (χ0n) is 13.3. The fourth-order valence-corrected chi connectivity index (χ4v) is 3.58. The Morgan fingerprint density at radius 3 is 2.48 bits per heavy atom. The third-order valence-electron chi connectivity index (χ3n) is 3.53. The van der Waals surface area contributed by atoms with Crippen molar-refractivity contribution in [3.05, 3.63) is 29.3 Å². The predicted octanol–water partition coefficient (Wildman–Crippen LogP) is -0.0264. The van der Waals surface area contributed by atoms with Gasteiger partial charge in [0, 0.05) is 12.7 Å². The lowest BCUT2D eigenvalue weighted by molar-refractivity contribution is -0.139. The van der Waals surface area contributed by atoms with Crippen molar-refractivity contribution >= 4 is 16.0 Å². The Hall–Kier alpha value is -2.20. The summed E-state index contributed by atoms with van der Waals surface area (Å²) >= 11 is 0. The fraction of sp³-hybridized carbons (Fsp3) is 0.462. The molecule has 2 aromatic heterocycles. The second kappa shape index (κ2) is 6.13. The minimum atomic E-state index is -4.00. The van der Waals surface area contributed by atoms with Gasteiger partial charge in [-0.15, -0.1) is 0 Å². The van der Waals surface area contributed by atoms with Crippen LogP contribution in [0.5, 0.6) is 0 Å². The van der Waals surface area contributed by atoms with E-state index in [1.807, 2.05) is 0 Å². The second-order valence-electron chi connectivity index (χ2n) is 5.34. The zero-order chi connectivity index (χ0) is 17.4. The van der Waals surface area contributed by atoms with Crippen molar-refractivity contribution < 1.29 is 18.3 Å². The Morgan fingerprint density at radius 2 is 2.04 bits per heavy atom. The van der Waals surface area contributed by atoms with Gasteiger partial charge >= 0.3 is 5.97 Å². The number of aromatic nitrogens is 4. The van der Waals surface area contributed by atoms with E-state index < -0.39 is 22.0 Å². The van der Waals surface area contributed by atoms with Crippen LogP contribution in [0.25, 0.3) is 0 Å². The van der Waals surface area contributed by atoms with Crippen LogP contribution >= 0.6 is 0 Å². The van der Waals surface area contributed by atoms with E-state index in [9.17, 15) is 18.3 Å². The number of rotatable bonds is 6. The van der Waals surface area contributed by atoms with Crippen LogP contribution in [0.2, 0.25) is 0 Å². The highest BCUT2D eigenvalue weighted by Gasteiger charge is 2.28. The molecule has 0 aromatic carbocycles. The van der Waals surface area contributed by atoms with Crippen LogP contribution in [-0.4, -0.2) is 45.1 Å². The van der Waals surface area contributed by atoms with E-state index in [1.165, 1.54) is 15.6 Å². The van der Waals surface area contributed by atoms with Gasteiger partial charge in [-0.3, -0.25) is 14.2 Å². The predicted molar refractivity (Wildman–Crippen MR) is 81.4 cm³/mol. The van der Waals surface area contributed by atoms with Crippen LogP contribution in [0.15, 0.2) is 17.2 Å². The lowest BCUT2D eigenvalue weighted by Crippen LogP contribution is -2.44. The molecule has 2 aromatic rings. The molecule has 1 atom stereocenters. The Balaban J connectivity index is 2.27. The number of hydrogen-bond donors (Lipinski definition) is 2. The zero-order valence-corrected chi connectivity index (χ0v) is 14.1. The van der Waals surface area contributed by atoms with E-state index in [0.717, 1.165) is 11.4 Å². The van der Waals surface area contributed by atoms with E-state index in [-0.39, 0.29) is 11.4 Å². The topological polar surface area (TPSA) is 119 Å². The molecule has 10 heteroatoms. The van der Waals surface area contributed by atoms with Crippen molar-refractivity contribution in [1.82, 2.24) is 24.3 Å². The quantitative estimate of drug-likeness (QED) is 0.762. The van der Waals surface area contributed by atoms with Gasteiger partial charge < -0.3 is 5.11 Å². The summed E-state index contributed by atoms with van der Waals surface area (Å²) in [5, 5.41) is 17.4. The molecule has 126 valence electrons. The van der Waals surface area contributed by atoms with Gasteiger partial charge in [-0.25, -0.2) is 8.42 Å². The van der Waals surface area contributed by atoms with Crippen LogP contribution in [0, 0.1) is 20.8 Å². The summed E-state index contributed by atoms with van der Waals surface area (Å²) < 4.78 is 29.9. The van der Waals surface area contributed by atoms with E-state index in [0.29, 0.717) is 5.69 Å². The Kier molecular flexibility index (Phi) is 4.57. The summed E-state index contributed by atoms with van der Waals surface area (Å²) in [7, 11) is -2.39. The number of aryl methyl sites for hydroxylation is 3. The molecule has 0 amide bonds. The smallest absolute Gasteiger partial charge is 0.323 e. The third-order valence-corrected chi connectivity index (χ3v) is 5.11. The molecule has 0 fully saturated rings. The fourth-order valence-electron chi connectivity index (χ4n) is 2.19. The molecular weight excluding hydrogens is 322 g/mol. The SMILES string of the molecule is Cc1cc(C)n(CC(NS(=O)(=O)c2cnn(C)c2C)C(=O)O)n1. The summed E-state index contributed by atoms with van der Waals surface area (Å²) in [6, 6.07) is 0.455. The molecule has 2 N–H and O–H groups in total. The van der Waals surface area contributed by atoms with Gasteiger partial charge in [-0.2, -0.15) is 14.9 Å². The maximum Gasteiger partial charge on any atom is 0.323 e. The van der Waals surface area contributed by atoms with Crippen molar-refractivity contribution in [2.45, 2.75) is 38.3 Å². The van der Waals surface area contributed by atoms with Crippen molar-refractivity contribution in [3.63, 3.8) is 0 Å². The van der Waals surface area contributed by atoms with Crippen LogP contribution < -0.4 is 4.72 Å². The van der Waals surface area contributed by atoms with Gasteiger partial charge in [-0.05, 0) is 26.8 Å². The molecule has 1 unspecified atom stereocenters. The molecule has 23 heavy (non-hydrogen) atoms. The van der Waals surface area contributed by atoms with E-state index in [4.69, 9.17) is 0 Å². The lowest BCUT2D eigenvalue weighted by atomic mass is 10.3. The molecule has 9 nitrogen and oxygen atoms in total. The van der Waals surface area contributed by atoms with Gasteiger partial charge in [0.2, 0.25) is 10.0 Å². The summed E-state index contributed by atoms with van der Waals surface area (Å²) in [5.74, 6) is -1.28. The van der Waals surface area contributed by atoms with E-state index >= 15 is 0 Å². The van der Waals surface area contributed by atoms with Crippen LogP contribution in [-0.2, 0) is 28.4 Å². The first kappa shape index (κ1) is 17.2. The third kappa shape index (κ3) is 3.59. The van der Waals surface area contributed by atoms with Crippen molar-refractivity contribution in [3.8, 4) is 0 Å². The molecule has 2 heterocycles. The van der Waals surface area contributed by atoms with Gasteiger partial charge in [0.25, 0.3) is 0 Å². The standard InChI is InChI=1S/C13H19N5O4S/c1-8-5-9(2)18(15-8)7-11(13(19)20)16-23(21,22)12-6-14-17(4)10(12)3/h5-6,11,16H,7H2,1-4H3,(H,19,20). The highest BCUT2D eigenvalue weighted by Crippen LogP contribution is 2.14. The van der Waals surface area contributed by atoms with Gasteiger partial charge in [0.05, 0.1) is 24.1 Å². The number of carboxylic acid groups (broad SMARTS) is 1. The number of sulfonamides is 1. The van der Waals surface area contributed by atoms with E-state index in [2.05, 4.69) is 14.9 Å². The van der Waals surface area contributed by atoms with Gasteiger partial charge in [-0.1, -0.05) is 0 Å². The van der Waals surface area contributed by atoms with Crippen molar-refractivity contribution in [2.75, 3.05) is 0 Å². The number of nitrogens with one attached hydrogen (secondary N) is 1. The molecule has 2 rings (SSSR count). The molecule has 0 bridgehead atoms. The van der Waals surface area contributed by atoms with Crippen molar-refractivity contribution in [2.24, 2.45) is 7.05 Å². The molecule has 0 aliphatic carbocycles. The normalized spacial score (nSPS) is 13.2. The number of hydrogen-bond acceptors (Lipinski definition) is 5. The Bertz CT molecular complexity index is 837. The highest BCUT2D eigenvalue weighted by atomic mass is 32.2. The van der Waals surface area contributed by atoms with Crippen LogP contribution in [0.4, 0.5) is 0 Å². The van der Waals surface area contributed by atoms with Gasteiger partial charge in [0.15, 0.2) is 0 Å². The Morgan fingerprint density at radius 1 is 1.39 bits per heavy atom. The average molecular weight is 341 g/mol. The van der Waals surface area contributed by atoms with Crippen molar-refractivity contribution in [1.29, 1.82) is 0 Å². The summed E-state index contributed by atoms with van der Waals surface area (Å²) in [5.41, 5.74) is 1.91. The number of nitrogens with zero attached hydrogens (tertiary/aromatic N) is 4. The molecule has 0 radical (unpaired) electrons. The molecule has 0 aliphatic heterocycles. The molecule has 0 aliphatic rings. The molecule has 0 saturated carbocycles. The van der Waals surface area contributed by atoms with Crippen LogP contribution in [0.3, 0.4) is 0 Å². The highest BCUT2D eigenvalue weighted by molar-refractivity contribution is 7.89. The molecule has 0 saturated heterocycles. The summed E-state index contributed by atoms with van der Waals surface area (Å²) in [6.07, 6.45) is 1.19. The minimum absolute atomic E-state index is 0.0420. The first-order chi connectivity index (χ1) is 10.6. The number of carboxylic acids is 1. The number of aliphatic carboxylic acids is 1. The van der Waals surface area contributed by atoms with E-state index in [1.54, 1.807) is 33.9 Å². The minimum Gasteiger partial charge on any atom is -0.480 e. The average Bonchev–Trinajstić information content (AvgIpc) is 2.92. The monoisotopic (exact) mass is 341 g/mol. The lowest BCUT2D eigenvalue weighted by Gasteiger charge is -2.15. The maximum absolute atomic E-state index is 12.4. The molecule has 0 spiro atoms. The Labute approximate surface area is 134 Å². The summed E-state index contributed by atoms with van der Waals surface area (Å²) in [6.45, 7) is 5.05. The second-order valence-corrected chi connectivity index (χ2v) is 7.02. The first-order valence-electron chi connectivity index (χ1n) is 6.86. The largest absolute Gasteiger partial charge is 0.480 e. The maximum atomic E-state index is 12.4.